The van der Waals surface area contributed by atoms with E-state index in [9.17, 15) is 5.11 Å². The third-order valence-corrected chi connectivity index (χ3v) is 3.05. The molecule has 1 atom stereocenters. The van der Waals surface area contributed by atoms with Gasteiger partial charge in [-0.2, -0.15) is 0 Å². The molecule has 0 aromatic rings. The lowest BCUT2D eigenvalue weighted by atomic mass is 10.1. The molecule has 3 nitrogen and oxygen atoms in total. The predicted molar refractivity (Wildman–Crippen MR) is 66.5 cm³/mol. The zero-order valence-corrected chi connectivity index (χ0v) is 10.7. The molecule has 0 aromatic carbocycles. The summed E-state index contributed by atoms with van der Waals surface area (Å²) in [6.45, 7) is 7.14. The fourth-order valence-corrected chi connectivity index (χ4v) is 2.17. The van der Waals surface area contributed by atoms with E-state index in [1.807, 2.05) is 0 Å². The second kappa shape index (κ2) is 8.04. The van der Waals surface area contributed by atoms with Crippen LogP contribution in [0.15, 0.2) is 0 Å². The Morgan fingerprint density at radius 2 is 1.94 bits per heavy atom. The minimum absolute atomic E-state index is 0.361. The monoisotopic (exact) mass is 229 g/mol. The first-order valence-electron chi connectivity index (χ1n) is 6.65. The van der Waals surface area contributed by atoms with Gasteiger partial charge in [0, 0.05) is 13.2 Å². The summed E-state index contributed by atoms with van der Waals surface area (Å²) in [5.41, 5.74) is 0. The Kier molecular flexibility index (Phi) is 7.01. The van der Waals surface area contributed by atoms with Crippen molar-refractivity contribution in [3.8, 4) is 0 Å². The molecule has 0 aliphatic heterocycles. The summed E-state index contributed by atoms with van der Waals surface area (Å²) in [4.78, 5) is 0. The highest BCUT2D eigenvalue weighted by Crippen LogP contribution is 2.23. The molecule has 0 radical (unpaired) electrons. The first-order valence-corrected chi connectivity index (χ1v) is 6.65. The second-order valence-electron chi connectivity index (χ2n) is 5.39. The molecule has 0 aromatic heterocycles. The summed E-state index contributed by atoms with van der Waals surface area (Å²) >= 11 is 0. The molecule has 1 rings (SSSR count). The van der Waals surface area contributed by atoms with Gasteiger partial charge in [0.15, 0.2) is 0 Å². The van der Waals surface area contributed by atoms with E-state index < -0.39 is 0 Å². The summed E-state index contributed by atoms with van der Waals surface area (Å²) in [5, 5.41) is 13.0. The average molecular weight is 229 g/mol. The normalized spacial score (nSPS) is 19.5. The van der Waals surface area contributed by atoms with E-state index in [2.05, 4.69) is 19.2 Å². The molecule has 3 heteroatoms. The molecule has 0 heterocycles. The van der Waals surface area contributed by atoms with Crippen molar-refractivity contribution < 1.29 is 9.84 Å². The Labute approximate surface area is 99.6 Å². The molecular weight excluding hydrogens is 202 g/mol. The molecule has 1 fully saturated rings. The third-order valence-electron chi connectivity index (χ3n) is 3.05. The zero-order valence-electron chi connectivity index (χ0n) is 10.7. The van der Waals surface area contributed by atoms with Crippen molar-refractivity contribution in [2.45, 2.75) is 45.6 Å². The van der Waals surface area contributed by atoms with Crippen LogP contribution in [0.4, 0.5) is 0 Å². The number of hydrogen-bond acceptors (Lipinski definition) is 3. The molecule has 1 saturated carbocycles. The summed E-state index contributed by atoms with van der Waals surface area (Å²) in [6, 6.07) is 0. The van der Waals surface area contributed by atoms with Crippen LogP contribution >= 0.6 is 0 Å². The first-order chi connectivity index (χ1) is 7.68. The Morgan fingerprint density at radius 3 is 2.56 bits per heavy atom. The number of aliphatic hydroxyl groups is 1. The lowest BCUT2D eigenvalue weighted by Crippen LogP contribution is -2.33. The lowest BCUT2D eigenvalue weighted by Gasteiger charge is -2.15. The highest BCUT2D eigenvalue weighted by molar-refractivity contribution is 4.70. The van der Waals surface area contributed by atoms with Gasteiger partial charge in [-0.05, 0) is 31.2 Å². The van der Waals surface area contributed by atoms with Gasteiger partial charge in [-0.1, -0.05) is 26.7 Å². The highest BCUT2D eigenvalue weighted by Gasteiger charge is 2.14. The number of aliphatic hydroxyl groups excluding tert-OH is 1. The number of nitrogens with one attached hydrogen (secondary N) is 1. The van der Waals surface area contributed by atoms with Gasteiger partial charge in [0.05, 0.1) is 12.7 Å². The molecule has 96 valence electrons. The molecule has 0 amide bonds. The number of rotatable bonds is 8. The summed E-state index contributed by atoms with van der Waals surface area (Å²) in [7, 11) is 0. The Bertz CT molecular complexity index is 167. The van der Waals surface area contributed by atoms with Crippen LogP contribution in [0.3, 0.4) is 0 Å². The minimum Gasteiger partial charge on any atom is -0.389 e. The van der Waals surface area contributed by atoms with Crippen LogP contribution in [-0.4, -0.2) is 37.5 Å². The second-order valence-corrected chi connectivity index (χ2v) is 5.39. The van der Waals surface area contributed by atoms with Crippen molar-refractivity contribution in [1.29, 1.82) is 0 Å². The Hall–Kier alpha value is -0.120. The van der Waals surface area contributed by atoms with Crippen molar-refractivity contribution in [3.63, 3.8) is 0 Å². The van der Waals surface area contributed by atoms with Gasteiger partial charge in [0.2, 0.25) is 0 Å². The standard InChI is InChI=1S/C13H27NO2/c1-11(2)9-16-10-13(15)8-14-7-12-5-3-4-6-12/h11-15H,3-10H2,1-2H3. The molecule has 1 unspecified atom stereocenters. The maximum absolute atomic E-state index is 9.65. The van der Waals surface area contributed by atoms with Crippen molar-refractivity contribution in [1.82, 2.24) is 5.32 Å². The van der Waals surface area contributed by atoms with Crippen LogP contribution in [0.1, 0.15) is 39.5 Å². The van der Waals surface area contributed by atoms with E-state index >= 15 is 0 Å². The van der Waals surface area contributed by atoms with E-state index in [4.69, 9.17) is 4.74 Å². The summed E-state index contributed by atoms with van der Waals surface area (Å²) in [6.07, 6.45) is 5.11. The maximum atomic E-state index is 9.65. The van der Waals surface area contributed by atoms with Gasteiger partial charge < -0.3 is 15.2 Å². The molecule has 0 spiro atoms. The van der Waals surface area contributed by atoms with E-state index in [0.717, 1.165) is 19.1 Å². The third kappa shape index (κ3) is 6.46. The summed E-state index contributed by atoms with van der Waals surface area (Å²) < 4.78 is 5.39. The van der Waals surface area contributed by atoms with E-state index in [0.29, 0.717) is 19.1 Å². The fraction of sp³-hybridized carbons (Fsp3) is 1.00. The van der Waals surface area contributed by atoms with Gasteiger partial charge >= 0.3 is 0 Å². The molecule has 2 N–H and O–H groups in total. The topological polar surface area (TPSA) is 41.5 Å². The van der Waals surface area contributed by atoms with E-state index in [1.54, 1.807) is 0 Å². The van der Waals surface area contributed by atoms with Gasteiger partial charge in [-0.25, -0.2) is 0 Å². The lowest BCUT2D eigenvalue weighted by molar-refractivity contribution is 0.0259. The molecule has 16 heavy (non-hydrogen) atoms. The van der Waals surface area contributed by atoms with E-state index in [1.165, 1.54) is 25.7 Å². The number of ether oxygens (including phenoxy) is 1. The van der Waals surface area contributed by atoms with Crippen LogP contribution in [0.5, 0.6) is 0 Å². The number of hydrogen-bond donors (Lipinski definition) is 2. The van der Waals surface area contributed by atoms with E-state index in [-0.39, 0.29) is 6.10 Å². The van der Waals surface area contributed by atoms with Crippen LogP contribution < -0.4 is 5.32 Å². The molecule has 0 saturated heterocycles. The highest BCUT2D eigenvalue weighted by atomic mass is 16.5. The van der Waals surface area contributed by atoms with Crippen molar-refractivity contribution in [2.75, 3.05) is 26.3 Å². The predicted octanol–water partition coefficient (Wildman–Crippen LogP) is 1.80. The quantitative estimate of drug-likeness (QED) is 0.667. The van der Waals surface area contributed by atoms with Gasteiger partial charge in [0.25, 0.3) is 0 Å². The SMILES string of the molecule is CC(C)COCC(O)CNCC1CCCC1. The van der Waals surface area contributed by atoms with Crippen LogP contribution in [-0.2, 0) is 4.74 Å². The molecule has 0 bridgehead atoms. The van der Waals surface area contributed by atoms with Crippen molar-refractivity contribution in [3.05, 3.63) is 0 Å². The smallest absolute Gasteiger partial charge is 0.0897 e. The molecule has 1 aliphatic rings. The Morgan fingerprint density at radius 1 is 1.25 bits per heavy atom. The van der Waals surface area contributed by atoms with Crippen LogP contribution in [0.25, 0.3) is 0 Å². The maximum Gasteiger partial charge on any atom is 0.0897 e. The van der Waals surface area contributed by atoms with Crippen molar-refractivity contribution in [2.24, 2.45) is 11.8 Å². The van der Waals surface area contributed by atoms with Crippen LogP contribution in [0.2, 0.25) is 0 Å². The summed E-state index contributed by atoms with van der Waals surface area (Å²) in [5.74, 6) is 1.38. The zero-order chi connectivity index (χ0) is 11.8. The first kappa shape index (κ1) is 13.9. The molecular formula is C13H27NO2. The van der Waals surface area contributed by atoms with Crippen molar-refractivity contribution >= 4 is 0 Å². The minimum atomic E-state index is -0.361. The Balaban J connectivity index is 1.91. The van der Waals surface area contributed by atoms with Gasteiger partial charge in [-0.15, -0.1) is 0 Å². The van der Waals surface area contributed by atoms with Crippen LogP contribution in [0, 0.1) is 11.8 Å². The van der Waals surface area contributed by atoms with Gasteiger partial charge in [0.1, 0.15) is 0 Å². The molecule has 1 aliphatic carbocycles. The largest absolute Gasteiger partial charge is 0.389 e. The average Bonchev–Trinajstić information content (AvgIpc) is 2.70. The fourth-order valence-electron chi connectivity index (χ4n) is 2.17. The van der Waals surface area contributed by atoms with Gasteiger partial charge in [-0.3, -0.25) is 0 Å².